The fraction of sp³-hybridized carbons (Fsp3) is 0.857. The van der Waals surface area contributed by atoms with Crippen molar-refractivity contribution < 1.29 is 15.0 Å². The highest BCUT2D eigenvalue weighted by Gasteiger charge is 2.38. The molecule has 0 aromatic carbocycles. The molecule has 2 atom stereocenters. The van der Waals surface area contributed by atoms with Crippen LogP contribution < -0.4 is 5.73 Å². The molecule has 0 bridgehead atoms. The van der Waals surface area contributed by atoms with E-state index in [1.165, 1.54) is 0 Å². The van der Waals surface area contributed by atoms with Crippen molar-refractivity contribution in [2.75, 3.05) is 6.61 Å². The van der Waals surface area contributed by atoms with Gasteiger partial charge in [0.15, 0.2) is 0 Å². The van der Waals surface area contributed by atoms with Gasteiger partial charge in [-0.2, -0.15) is 0 Å². The maximum absolute atomic E-state index is 10.6. The molecule has 0 radical (unpaired) electrons. The monoisotopic (exact) mass is 161 g/mol. The lowest BCUT2D eigenvalue weighted by Crippen LogP contribution is -2.56. The normalized spacial score (nSPS) is 18.9. The summed E-state index contributed by atoms with van der Waals surface area (Å²) in [4.78, 5) is 10.6. The lowest BCUT2D eigenvalue weighted by atomic mass is 9.85. The molecular weight excluding hydrogens is 146 g/mol. The van der Waals surface area contributed by atoms with Crippen LogP contribution in [0.25, 0.3) is 0 Å². The van der Waals surface area contributed by atoms with Gasteiger partial charge < -0.3 is 15.9 Å². The Kier molecular flexibility index (Phi) is 3.48. The summed E-state index contributed by atoms with van der Waals surface area (Å²) in [6, 6.07) is 0. The van der Waals surface area contributed by atoms with Gasteiger partial charge in [-0.15, -0.1) is 0 Å². The quantitative estimate of drug-likeness (QED) is 0.533. The van der Waals surface area contributed by atoms with Crippen LogP contribution in [0.5, 0.6) is 0 Å². The number of hydrogen-bond donors (Lipinski definition) is 3. The molecule has 0 aliphatic carbocycles. The van der Waals surface area contributed by atoms with Gasteiger partial charge in [0.05, 0.1) is 6.61 Å². The zero-order valence-corrected chi connectivity index (χ0v) is 6.87. The third-order valence-electron chi connectivity index (χ3n) is 2.15. The summed E-state index contributed by atoms with van der Waals surface area (Å²) >= 11 is 0. The van der Waals surface area contributed by atoms with E-state index in [4.69, 9.17) is 15.9 Å². The summed E-state index contributed by atoms with van der Waals surface area (Å²) in [5.74, 6) is -1.36. The van der Waals surface area contributed by atoms with Crippen molar-refractivity contribution in [1.29, 1.82) is 0 Å². The van der Waals surface area contributed by atoms with Gasteiger partial charge in [-0.25, -0.2) is 0 Å². The molecule has 0 unspecified atom stereocenters. The van der Waals surface area contributed by atoms with Crippen LogP contribution in [0.4, 0.5) is 0 Å². The van der Waals surface area contributed by atoms with Crippen molar-refractivity contribution in [3.63, 3.8) is 0 Å². The van der Waals surface area contributed by atoms with Crippen LogP contribution in [0.2, 0.25) is 0 Å². The SMILES string of the molecule is CC[C@H](C)[C@@](N)(CO)C(=O)O. The molecule has 4 heteroatoms. The summed E-state index contributed by atoms with van der Waals surface area (Å²) in [6.45, 7) is 3.03. The van der Waals surface area contributed by atoms with Crippen LogP contribution in [0, 0.1) is 5.92 Å². The van der Waals surface area contributed by atoms with Gasteiger partial charge in [-0.05, 0) is 5.92 Å². The summed E-state index contributed by atoms with van der Waals surface area (Å²) < 4.78 is 0. The fourth-order valence-corrected chi connectivity index (χ4v) is 0.799. The Balaban J connectivity index is 4.45. The van der Waals surface area contributed by atoms with Gasteiger partial charge in [0.25, 0.3) is 0 Å². The minimum Gasteiger partial charge on any atom is -0.480 e. The smallest absolute Gasteiger partial charge is 0.326 e. The number of rotatable bonds is 4. The average Bonchev–Trinajstić information content (AvgIpc) is 2.01. The Morgan fingerprint density at radius 1 is 1.73 bits per heavy atom. The van der Waals surface area contributed by atoms with E-state index >= 15 is 0 Å². The van der Waals surface area contributed by atoms with Crippen molar-refractivity contribution >= 4 is 5.97 Å². The highest BCUT2D eigenvalue weighted by molar-refractivity contribution is 5.79. The predicted molar refractivity (Wildman–Crippen MR) is 41.1 cm³/mol. The molecular formula is C7H15NO3. The molecule has 0 rings (SSSR count). The van der Waals surface area contributed by atoms with E-state index < -0.39 is 18.1 Å². The van der Waals surface area contributed by atoms with E-state index in [-0.39, 0.29) is 5.92 Å². The highest BCUT2D eigenvalue weighted by atomic mass is 16.4. The lowest BCUT2D eigenvalue weighted by molar-refractivity contribution is -0.147. The summed E-state index contributed by atoms with van der Waals surface area (Å²) in [6.07, 6.45) is 0.642. The first-order valence-corrected chi connectivity index (χ1v) is 3.62. The Hall–Kier alpha value is -0.610. The number of aliphatic hydroxyl groups excluding tert-OH is 1. The molecule has 4 N–H and O–H groups in total. The van der Waals surface area contributed by atoms with Crippen molar-refractivity contribution in [2.24, 2.45) is 11.7 Å². The topological polar surface area (TPSA) is 83.5 Å². The molecule has 0 heterocycles. The minimum absolute atomic E-state index is 0.218. The fourth-order valence-electron chi connectivity index (χ4n) is 0.799. The van der Waals surface area contributed by atoms with Gasteiger partial charge in [0.1, 0.15) is 5.54 Å². The lowest BCUT2D eigenvalue weighted by Gasteiger charge is -2.28. The first-order valence-electron chi connectivity index (χ1n) is 3.62. The first kappa shape index (κ1) is 10.4. The van der Waals surface area contributed by atoms with Gasteiger partial charge in [-0.1, -0.05) is 20.3 Å². The summed E-state index contributed by atoms with van der Waals surface area (Å²) in [5.41, 5.74) is 3.97. The number of aliphatic hydroxyl groups is 1. The largest absolute Gasteiger partial charge is 0.480 e. The van der Waals surface area contributed by atoms with Crippen LogP contribution in [0.1, 0.15) is 20.3 Å². The Bertz CT molecular complexity index is 149. The molecule has 0 saturated carbocycles. The average molecular weight is 161 g/mol. The van der Waals surface area contributed by atoms with E-state index in [0.29, 0.717) is 6.42 Å². The maximum atomic E-state index is 10.6. The van der Waals surface area contributed by atoms with Crippen LogP contribution in [-0.2, 0) is 4.79 Å². The van der Waals surface area contributed by atoms with Crippen molar-refractivity contribution in [2.45, 2.75) is 25.8 Å². The van der Waals surface area contributed by atoms with Crippen molar-refractivity contribution in [3.8, 4) is 0 Å². The molecule has 0 aromatic rings. The van der Waals surface area contributed by atoms with Crippen molar-refractivity contribution in [1.82, 2.24) is 0 Å². The molecule has 11 heavy (non-hydrogen) atoms. The zero-order chi connectivity index (χ0) is 9.07. The number of hydrogen-bond acceptors (Lipinski definition) is 3. The van der Waals surface area contributed by atoms with Gasteiger partial charge in [0, 0.05) is 0 Å². The van der Waals surface area contributed by atoms with Crippen LogP contribution in [0.15, 0.2) is 0 Å². The van der Waals surface area contributed by atoms with Crippen LogP contribution in [0.3, 0.4) is 0 Å². The van der Waals surface area contributed by atoms with Crippen LogP contribution in [-0.4, -0.2) is 28.3 Å². The summed E-state index contributed by atoms with van der Waals surface area (Å²) in [7, 11) is 0. The molecule has 0 aliphatic heterocycles. The van der Waals surface area contributed by atoms with Gasteiger partial charge in [0.2, 0.25) is 0 Å². The molecule has 66 valence electrons. The standard InChI is InChI=1S/C7H15NO3/c1-3-5(2)7(8,4-9)6(10)11/h5,9H,3-4,8H2,1-2H3,(H,10,11)/t5-,7-/m0/s1. The van der Waals surface area contributed by atoms with Gasteiger partial charge in [-0.3, -0.25) is 4.79 Å². The third-order valence-corrected chi connectivity index (χ3v) is 2.15. The zero-order valence-electron chi connectivity index (χ0n) is 6.87. The van der Waals surface area contributed by atoms with E-state index in [1.54, 1.807) is 6.92 Å². The second-order valence-corrected chi connectivity index (χ2v) is 2.81. The predicted octanol–water partition coefficient (Wildman–Crippen LogP) is -0.193. The third kappa shape index (κ3) is 1.91. The number of nitrogens with two attached hydrogens (primary N) is 1. The second-order valence-electron chi connectivity index (χ2n) is 2.81. The number of carboxylic acids is 1. The van der Waals surface area contributed by atoms with E-state index in [2.05, 4.69) is 0 Å². The molecule has 0 fully saturated rings. The van der Waals surface area contributed by atoms with Crippen molar-refractivity contribution in [3.05, 3.63) is 0 Å². The number of aliphatic carboxylic acids is 1. The molecule has 0 aliphatic rings. The highest BCUT2D eigenvalue weighted by Crippen LogP contribution is 2.17. The van der Waals surface area contributed by atoms with E-state index in [1.807, 2.05) is 6.92 Å². The van der Waals surface area contributed by atoms with Gasteiger partial charge >= 0.3 is 5.97 Å². The number of carbonyl (C=O) groups is 1. The number of carboxylic acid groups (broad SMARTS) is 1. The van der Waals surface area contributed by atoms with E-state index in [0.717, 1.165) is 0 Å². The molecule has 0 saturated heterocycles. The van der Waals surface area contributed by atoms with Crippen LogP contribution >= 0.6 is 0 Å². The maximum Gasteiger partial charge on any atom is 0.326 e. The molecule has 0 aromatic heterocycles. The second kappa shape index (κ2) is 3.69. The molecule has 0 spiro atoms. The molecule has 0 amide bonds. The van der Waals surface area contributed by atoms with E-state index in [9.17, 15) is 4.79 Å². The Morgan fingerprint density at radius 3 is 2.27 bits per heavy atom. The Labute approximate surface area is 66.0 Å². The first-order chi connectivity index (χ1) is 4.99. The Morgan fingerprint density at radius 2 is 2.18 bits per heavy atom. The molecule has 4 nitrogen and oxygen atoms in total. The summed E-state index contributed by atoms with van der Waals surface area (Å²) in [5, 5.41) is 17.4. The minimum atomic E-state index is -1.48.